The van der Waals surface area contributed by atoms with Gasteiger partial charge >= 0.3 is 0 Å². The zero-order valence-corrected chi connectivity index (χ0v) is 10.1. The molecular weight excluding hydrogens is 250 g/mol. The fourth-order valence-corrected chi connectivity index (χ4v) is 2.27. The van der Waals surface area contributed by atoms with Crippen molar-refractivity contribution in [3.63, 3.8) is 0 Å². The molecule has 5 nitrogen and oxygen atoms in total. The summed E-state index contributed by atoms with van der Waals surface area (Å²) in [5.74, 6) is 0. The van der Waals surface area contributed by atoms with E-state index in [-0.39, 0.29) is 11.3 Å². The van der Waals surface area contributed by atoms with Crippen molar-refractivity contribution >= 4 is 5.71 Å². The van der Waals surface area contributed by atoms with Gasteiger partial charge < -0.3 is 0 Å². The van der Waals surface area contributed by atoms with Crippen LogP contribution in [0.4, 0.5) is 0 Å². The number of hydrogen-bond donors (Lipinski definition) is 0. The lowest BCUT2D eigenvalue weighted by Gasteiger charge is -2.00. The van der Waals surface area contributed by atoms with Crippen LogP contribution in [0, 0.1) is 29.2 Å². The first-order valence-electron chi connectivity index (χ1n) is 5.70. The minimum absolute atomic E-state index is 0.0525. The number of aromatic nitrogens is 1. The smallest absolute Gasteiger partial charge is 0.180 e. The summed E-state index contributed by atoms with van der Waals surface area (Å²) in [5, 5.41) is 21.9. The Labute approximate surface area is 114 Å². The van der Waals surface area contributed by atoms with Gasteiger partial charge in [0, 0.05) is 11.1 Å². The summed E-state index contributed by atoms with van der Waals surface area (Å²) in [7, 11) is 0. The molecule has 0 unspecified atom stereocenters. The largest absolute Gasteiger partial charge is 0.233 e. The third kappa shape index (κ3) is 1.47. The molecule has 2 aromatic rings. The zero-order chi connectivity index (χ0) is 14.1. The Kier molecular flexibility index (Phi) is 2.50. The van der Waals surface area contributed by atoms with E-state index >= 15 is 0 Å². The van der Waals surface area contributed by atoms with Gasteiger partial charge in [0.2, 0.25) is 0 Å². The Morgan fingerprint density at radius 3 is 2.50 bits per heavy atom. The number of rotatable bonds is 0. The van der Waals surface area contributed by atoms with Gasteiger partial charge in [0.15, 0.2) is 11.4 Å². The monoisotopic (exact) mass is 255 g/mol. The normalized spacial score (nSPS) is 12.9. The summed E-state index contributed by atoms with van der Waals surface area (Å²) in [6, 6.07) is 12.9. The van der Waals surface area contributed by atoms with Crippen molar-refractivity contribution < 1.29 is 0 Å². The van der Waals surface area contributed by atoms with Gasteiger partial charge in [0.1, 0.15) is 17.8 Å². The number of benzene rings is 1. The number of pyridine rings is 1. The molecule has 0 atom stereocenters. The van der Waals surface area contributed by atoms with E-state index in [9.17, 15) is 0 Å². The quantitative estimate of drug-likeness (QED) is 0.457. The predicted octanol–water partition coefficient (Wildman–Crippen LogP) is 2.48. The Balaban J connectivity index is 2.41. The Hall–Kier alpha value is -3.49. The number of nitriles is 2. The van der Waals surface area contributed by atoms with Crippen LogP contribution < -0.4 is 0 Å². The summed E-state index contributed by atoms with van der Waals surface area (Å²) in [4.78, 5) is 7.26. The lowest BCUT2D eigenvalue weighted by atomic mass is 10.1. The van der Waals surface area contributed by atoms with Gasteiger partial charge in [-0.2, -0.15) is 17.1 Å². The highest BCUT2D eigenvalue weighted by Gasteiger charge is 2.29. The standard InChI is InChI=1S/C15H5N5/c1-18-20-15-11-5-3-2-4-10(11)12-6-9(7-16)13(8-17)19-14(12)15/h2-6H/b20-15+. The van der Waals surface area contributed by atoms with Crippen LogP contribution in [-0.4, -0.2) is 10.7 Å². The molecule has 0 fully saturated rings. The van der Waals surface area contributed by atoms with E-state index in [1.54, 1.807) is 6.07 Å². The highest BCUT2D eigenvalue weighted by atomic mass is 15.2. The second-order valence-corrected chi connectivity index (χ2v) is 4.10. The molecule has 5 heteroatoms. The molecule has 0 amide bonds. The summed E-state index contributed by atoms with van der Waals surface area (Å²) in [5.41, 5.74) is 3.62. The van der Waals surface area contributed by atoms with Gasteiger partial charge in [0.05, 0.1) is 10.7 Å². The van der Waals surface area contributed by atoms with E-state index in [1.807, 2.05) is 36.4 Å². The van der Waals surface area contributed by atoms with Crippen LogP contribution in [0.5, 0.6) is 0 Å². The second kappa shape index (κ2) is 4.31. The average molecular weight is 255 g/mol. The second-order valence-electron chi connectivity index (χ2n) is 4.10. The van der Waals surface area contributed by atoms with Crippen molar-refractivity contribution in [3.05, 3.63) is 64.4 Å². The molecule has 0 saturated heterocycles. The lowest BCUT2D eigenvalue weighted by Crippen LogP contribution is -2.02. The minimum atomic E-state index is 0.0525. The van der Waals surface area contributed by atoms with E-state index in [4.69, 9.17) is 17.1 Å². The molecule has 1 aliphatic carbocycles. The SMILES string of the molecule is [C-]#[N+]/N=C1\c2ccccc2-c2cc(C#N)c(C#N)nc21. The van der Waals surface area contributed by atoms with Crippen LogP contribution in [0.1, 0.15) is 22.5 Å². The highest BCUT2D eigenvalue weighted by Crippen LogP contribution is 2.36. The van der Waals surface area contributed by atoms with E-state index in [1.165, 1.54) is 0 Å². The number of fused-ring (bicyclic) bond motifs is 3. The van der Waals surface area contributed by atoms with Crippen LogP contribution in [0.15, 0.2) is 35.4 Å². The minimum Gasteiger partial charge on any atom is -0.233 e. The van der Waals surface area contributed by atoms with Crippen LogP contribution in [0.3, 0.4) is 0 Å². The molecule has 0 spiro atoms. The fraction of sp³-hybridized carbons (Fsp3) is 0. The summed E-state index contributed by atoms with van der Waals surface area (Å²) >= 11 is 0. The fourth-order valence-electron chi connectivity index (χ4n) is 2.27. The van der Waals surface area contributed by atoms with Crippen LogP contribution in [0.2, 0.25) is 0 Å². The Morgan fingerprint density at radius 1 is 1.10 bits per heavy atom. The van der Waals surface area contributed by atoms with Gasteiger partial charge in [-0.15, -0.1) is 4.95 Å². The molecular formula is C15H5N5. The molecule has 0 radical (unpaired) electrons. The molecule has 90 valence electrons. The van der Waals surface area contributed by atoms with Crippen molar-refractivity contribution in [3.8, 4) is 23.3 Å². The summed E-state index contributed by atoms with van der Waals surface area (Å²) in [6.07, 6.45) is 0. The molecule has 0 bridgehead atoms. The topological polar surface area (TPSA) is 77.2 Å². The van der Waals surface area contributed by atoms with Crippen molar-refractivity contribution in [2.75, 3.05) is 0 Å². The third-order valence-electron chi connectivity index (χ3n) is 3.10. The Bertz CT molecular complexity index is 888. The Morgan fingerprint density at radius 2 is 1.85 bits per heavy atom. The van der Waals surface area contributed by atoms with Crippen LogP contribution in [-0.2, 0) is 0 Å². The summed E-state index contributed by atoms with van der Waals surface area (Å²) in [6.45, 7) is 6.92. The van der Waals surface area contributed by atoms with Crippen molar-refractivity contribution in [1.29, 1.82) is 10.5 Å². The maximum Gasteiger partial charge on any atom is 0.180 e. The predicted molar refractivity (Wildman–Crippen MR) is 71.3 cm³/mol. The first kappa shape index (κ1) is 11.6. The molecule has 1 heterocycles. The number of hydrogen-bond acceptors (Lipinski definition) is 4. The molecule has 0 saturated carbocycles. The van der Waals surface area contributed by atoms with Gasteiger partial charge in [-0.3, -0.25) is 0 Å². The van der Waals surface area contributed by atoms with E-state index in [2.05, 4.69) is 15.0 Å². The average Bonchev–Trinajstić information content (AvgIpc) is 2.80. The van der Waals surface area contributed by atoms with Gasteiger partial charge in [0.25, 0.3) is 0 Å². The van der Waals surface area contributed by atoms with Crippen molar-refractivity contribution in [2.24, 2.45) is 5.10 Å². The molecule has 1 aromatic carbocycles. The third-order valence-corrected chi connectivity index (χ3v) is 3.10. The maximum atomic E-state index is 9.08. The molecule has 20 heavy (non-hydrogen) atoms. The van der Waals surface area contributed by atoms with E-state index < -0.39 is 0 Å². The van der Waals surface area contributed by atoms with E-state index in [0.29, 0.717) is 11.4 Å². The summed E-state index contributed by atoms with van der Waals surface area (Å²) < 4.78 is 0. The molecule has 1 aliphatic rings. The van der Waals surface area contributed by atoms with Crippen molar-refractivity contribution in [1.82, 2.24) is 4.98 Å². The van der Waals surface area contributed by atoms with E-state index in [0.717, 1.165) is 16.7 Å². The van der Waals surface area contributed by atoms with Gasteiger partial charge in [-0.1, -0.05) is 24.3 Å². The van der Waals surface area contributed by atoms with Crippen molar-refractivity contribution in [2.45, 2.75) is 0 Å². The zero-order valence-electron chi connectivity index (χ0n) is 10.1. The van der Waals surface area contributed by atoms with Gasteiger partial charge in [-0.05, 0) is 11.6 Å². The first-order valence-corrected chi connectivity index (χ1v) is 5.70. The van der Waals surface area contributed by atoms with Gasteiger partial charge in [-0.25, -0.2) is 4.98 Å². The molecule has 0 N–H and O–H groups in total. The molecule has 1 aromatic heterocycles. The molecule has 0 aliphatic heterocycles. The first-order chi connectivity index (χ1) is 9.80. The van der Waals surface area contributed by atoms with Crippen LogP contribution in [0.25, 0.3) is 16.1 Å². The maximum absolute atomic E-state index is 9.08. The highest BCUT2D eigenvalue weighted by molar-refractivity contribution is 6.23. The number of nitrogens with zero attached hydrogens (tertiary/aromatic N) is 5. The van der Waals surface area contributed by atoms with Crippen LogP contribution >= 0.6 is 0 Å². The lowest BCUT2D eigenvalue weighted by molar-refractivity contribution is 1.23. The molecule has 3 rings (SSSR count).